The van der Waals surface area contributed by atoms with E-state index < -0.39 is 35.2 Å². The summed E-state index contributed by atoms with van der Waals surface area (Å²) in [7, 11) is 0. The minimum atomic E-state index is -4.65. The molecule has 0 saturated carbocycles. The van der Waals surface area contributed by atoms with Crippen molar-refractivity contribution in [3.8, 4) is 17.2 Å². The molecule has 0 bridgehead atoms. The Morgan fingerprint density at radius 3 is 2.71 bits per heavy atom. The summed E-state index contributed by atoms with van der Waals surface area (Å²) in [6, 6.07) is 6.37. The van der Waals surface area contributed by atoms with Crippen molar-refractivity contribution in [2.24, 2.45) is 0 Å². The lowest BCUT2D eigenvalue weighted by Gasteiger charge is -2.12. The highest BCUT2D eigenvalue weighted by Crippen LogP contribution is 2.29. The molecular formula is C21H18F4N8O2. The van der Waals surface area contributed by atoms with Gasteiger partial charge < -0.3 is 15.0 Å². The Kier molecular flexibility index (Phi) is 6.30. The van der Waals surface area contributed by atoms with Crippen LogP contribution < -0.4 is 5.32 Å². The third-order valence-electron chi connectivity index (χ3n) is 5.08. The van der Waals surface area contributed by atoms with Crippen LogP contribution in [0.2, 0.25) is 0 Å². The van der Waals surface area contributed by atoms with Crippen molar-refractivity contribution in [3.05, 3.63) is 65.5 Å². The van der Waals surface area contributed by atoms with E-state index in [1.165, 1.54) is 17.7 Å². The molecule has 10 nitrogen and oxygen atoms in total. The first-order chi connectivity index (χ1) is 16.6. The fraction of sp³-hybridized carbons (Fsp3) is 0.238. The molecule has 3 heterocycles. The number of hydrogen-bond donors (Lipinski definition) is 2. The number of pyridine rings is 1. The van der Waals surface area contributed by atoms with Crippen molar-refractivity contribution in [1.29, 1.82) is 0 Å². The van der Waals surface area contributed by atoms with Crippen LogP contribution in [0.5, 0.6) is 0 Å². The van der Waals surface area contributed by atoms with Gasteiger partial charge in [-0.3, -0.25) is 4.79 Å². The van der Waals surface area contributed by atoms with Crippen LogP contribution in [-0.2, 0) is 6.18 Å². The van der Waals surface area contributed by atoms with Gasteiger partial charge in [0.15, 0.2) is 5.69 Å². The summed E-state index contributed by atoms with van der Waals surface area (Å²) in [6.45, 7) is 2.97. The summed E-state index contributed by atoms with van der Waals surface area (Å²) in [4.78, 5) is 20.4. The molecule has 0 saturated heterocycles. The Labute approximate surface area is 195 Å². The zero-order chi connectivity index (χ0) is 25.3. The maximum atomic E-state index is 14.6. The molecule has 0 radical (unpaired) electrons. The number of nitrogens with one attached hydrogen (secondary N) is 1. The number of aromatic nitrogens is 7. The van der Waals surface area contributed by atoms with Gasteiger partial charge in [-0.15, -0.1) is 5.10 Å². The van der Waals surface area contributed by atoms with Crippen LogP contribution in [-0.4, -0.2) is 52.4 Å². The van der Waals surface area contributed by atoms with Crippen LogP contribution in [0.15, 0.2) is 42.9 Å². The predicted octanol–water partition coefficient (Wildman–Crippen LogP) is 3.19. The number of aliphatic hydroxyl groups excluding tert-OH is 1. The Morgan fingerprint density at radius 2 is 2.03 bits per heavy atom. The predicted molar refractivity (Wildman–Crippen MR) is 114 cm³/mol. The molecule has 4 aromatic rings. The zero-order valence-electron chi connectivity index (χ0n) is 18.3. The highest BCUT2D eigenvalue weighted by Gasteiger charge is 2.33. The molecule has 4 rings (SSSR count). The van der Waals surface area contributed by atoms with E-state index >= 15 is 0 Å². The number of hydrogen-bond acceptors (Lipinski definition) is 7. The number of imidazole rings is 1. The number of tetrazole rings is 1. The number of aryl methyl sites for hydroxylation is 1. The second-order valence-electron chi connectivity index (χ2n) is 7.62. The molecule has 1 aromatic carbocycles. The standard InChI is InChI=1S/C21H18F4N8O2/c1-11-6-14(22)13(7-16(11)32-8-17(26-10-32)21(23,24)25)20(35)28-18-5-3-4-15(27-18)19-29-30-31-33(19)12(2)9-34/h3-8,10,12,34H,9H2,1-2H3,(H,27,28,35)/t12-/m1/s1. The summed E-state index contributed by atoms with van der Waals surface area (Å²) in [5, 5.41) is 23.1. The minimum absolute atomic E-state index is 0.0576. The molecule has 35 heavy (non-hydrogen) atoms. The molecule has 3 aromatic heterocycles. The summed E-state index contributed by atoms with van der Waals surface area (Å²) in [5.74, 6) is -1.43. The Bertz CT molecular complexity index is 1380. The van der Waals surface area contributed by atoms with E-state index in [2.05, 4.69) is 30.8 Å². The van der Waals surface area contributed by atoms with Crippen molar-refractivity contribution >= 4 is 11.7 Å². The van der Waals surface area contributed by atoms with Crippen LogP contribution in [0.1, 0.15) is 34.6 Å². The number of rotatable bonds is 6. The molecule has 0 aliphatic rings. The molecule has 14 heteroatoms. The lowest BCUT2D eigenvalue weighted by Crippen LogP contribution is -2.16. The Balaban J connectivity index is 1.63. The maximum Gasteiger partial charge on any atom is 0.434 e. The van der Waals surface area contributed by atoms with Gasteiger partial charge in [-0.25, -0.2) is 19.0 Å². The van der Waals surface area contributed by atoms with Crippen LogP contribution in [0, 0.1) is 12.7 Å². The van der Waals surface area contributed by atoms with Gasteiger partial charge in [-0.2, -0.15) is 13.2 Å². The van der Waals surface area contributed by atoms with Crippen molar-refractivity contribution in [3.63, 3.8) is 0 Å². The third kappa shape index (κ3) is 4.87. The number of aliphatic hydroxyl groups is 1. The molecule has 0 fully saturated rings. The molecule has 1 atom stereocenters. The number of anilines is 1. The SMILES string of the molecule is Cc1cc(F)c(C(=O)Nc2cccc(-c3nnnn3[C@H](C)CO)n2)cc1-n1cnc(C(F)(F)F)c1. The monoisotopic (exact) mass is 490 g/mol. The van der Waals surface area contributed by atoms with E-state index in [9.17, 15) is 27.5 Å². The van der Waals surface area contributed by atoms with Crippen LogP contribution in [0.3, 0.4) is 0 Å². The van der Waals surface area contributed by atoms with Gasteiger partial charge in [-0.05, 0) is 54.1 Å². The first kappa shape index (κ1) is 23.9. The van der Waals surface area contributed by atoms with Crippen molar-refractivity contribution in [2.45, 2.75) is 26.1 Å². The number of carbonyl (C=O) groups is 1. The van der Waals surface area contributed by atoms with Crippen LogP contribution in [0.4, 0.5) is 23.4 Å². The van der Waals surface area contributed by atoms with Gasteiger partial charge in [0.25, 0.3) is 5.91 Å². The average Bonchev–Trinajstić information content (AvgIpc) is 3.49. The van der Waals surface area contributed by atoms with E-state index in [0.29, 0.717) is 5.56 Å². The van der Waals surface area contributed by atoms with E-state index in [1.54, 1.807) is 19.1 Å². The van der Waals surface area contributed by atoms with Crippen LogP contribution >= 0.6 is 0 Å². The third-order valence-corrected chi connectivity index (χ3v) is 5.08. The molecule has 0 spiro atoms. The molecule has 0 aliphatic heterocycles. The fourth-order valence-corrected chi connectivity index (χ4v) is 3.26. The first-order valence-electron chi connectivity index (χ1n) is 10.2. The number of amides is 1. The summed E-state index contributed by atoms with van der Waals surface area (Å²) in [5.41, 5.74) is -0.783. The summed E-state index contributed by atoms with van der Waals surface area (Å²) >= 11 is 0. The fourth-order valence-electron chi connectivity index (χ4n) is 3.26. The smallest absolute Gasteiger partial charge is 0.394 e. The quantitative estimate of drug-likeness (QED) is 0.398. The minimum Gasteiger partial charge on any atom is -0.394 e. The second kappa shape index (κ2) is 9.21. The Hall–Kier alpha value is -4.20. The number of nitrogens with zero attached hydrogens (tertiary/aromatic N) is 7. The summed E-state index contributed by atoms with van der Waals surface area (Å²) in [6.07, 6.45) is -2.96. The number of benzene rings is 1. The maximum absolute atomic E-state index is 14.6. The van der Waals surface area contributed by atoms with Crippen molar-refractivity contribution < 1.29 is 27.5 Å². The zero-order valence-corrected chi connectivity index (χ0v) is 18.3. The molecule has 0 unspecified atom stereocenters. The molecule has 0 aliphatic carbocycles. The van der Waals surface area contributed by atoms with Gasteiger partial charge in [0, 0.05) is 6.20 Å². The van der Waals surface area contributed by atoms with E-state index in [1.807, 2.05) is 0 Å². The van der Waals surface area contributed by atoms with E-state index in [-0.39, 0.29) is 29.6 Å². The van der Waals surface area contributed by atoms with Gasteiger partial charge in [0.05, 0.1) is 30.2 Å². The van der Waals surface area contributed by atoms with Gasteiger partial charge in [-0.1, -0.05) is 6.07 Å². The molecule has 1 amide bonds. The number of alkyl halides is 3. The highest BCUT2D eigenvalue weighted by molar-refractivity contribution is 6.04. The van der Waals surface area contributed by atoms with Crippen molar-refractivity contribution in [1.82, 2.24) is 34.7 Å². The van der Waals surface area contributed by atoms with Crippen LogP contribution in [0.25, 0.3) is 17.2 Å². The summed E-state index contributed by atoms with van der Waals surface area (Å²) < 4.78 is 55.8. The molecular weight excluding hydrogens is 472 g/mol. The number of halogens is 4. The lowest BCUT2D eigenvalue weighted by atomic mass is 10.1. The number of carbonyl (C=O) groups excluding carboxylic acids is 1. The Morgan fingerprint density at radius 1 is 1.26 bits per heavy atom. The van der Waals surface area contributed by atoms with Gasteiger partial charge in [0.1, 0.15) is 17.3 Å². The van der Waals surface area contributed by atoms with Crippen molar-refractivity contribution in [2.75, 3.05) is 11.9 Å². The first-order valence-corrected chi connectivity index (χ1v) is 10.2. The second-order valence-corrected chi connectivity index (χ2v) is 7.62. The van der Waals surface area contributed by atoms with Gasteiger partial charge >= 0.3 is 6.18 Å². The average molecular weight is 490 g/mol. The lowest BCUT2D eigenvalue weighted by molar-refractivity contribution is -0.140. The van der Waals surface area contributed by atoms with E-state index in [0.717, 1.165) is 29.2 Å². The topological polar surface area (TPSA) is 124 Å². The van der Waals surface area contributed by atoms with Gasteiger partial charge in [0.2, 0.25) is 5.82 Å². The highest BCUT2D eigenvalue weighted by atomic mass is 19.4. The van der Waals surface area contributed by atoms with E-state index in [4.69, 9.17) is 0 Å². The molecule has 2 N–H and O–H groups in total. The normalized spacial score (nSPS) is 12.5. The largest absolute Gasteiger partial charge is 0.434 e. The molecule has 182 valence electrons.